The van der Waals surface area contributed by atoms with Gasteiger partial charge in [0.05, 0.1) is 6.61 Å². The SMILES string of the molecule is NCCc1ccc(O[C@H]2OC(CO)[C@@H](O)[C@H](O)C2O)cc1. The summed E-state index contributed by atoms with van der Waals surface area (Å²) in [7, 11) is 0. The highest BCUT2D eigenvalue weighted by atomic mass is 16.7. The van der Waals surface area contributed by atoms with Gasteiger partial charge in [-0.2, -0.15) is 0 Å². The van der Waals surface area contributed by atoms with Crippen LogP contribution >= 0.6 is 0 Å². The smallest absolute Gasteiger partial charge is 0.229 e. The molecule has 7 heteroatoms. The molecule has 0 bridgehead atoms. The molecule has 0 saturated carbocycles. The summed E-state index contributed by atoms with van der Waals surface area (Å²) < 4.78 is 10.7. The molecule has 0 radical (unpaired) electrons. The molecule has 0 aromatic heterocycles. The fourth-order valence-corrected chi connectivity index (χ4v) is 2.20. The van der Waals surface area contributed by atoms with E-state index in [0.29, 0.717) is 12.3 Å². The molecule has 1 fully saturated rings. The fraction of sp³-hybridized carbons (Fsp3) is 0.571. The highest BCUT2D eigenvalue weighted by Crippen LogP contribution is 2.24. The molecule has 1 aliphatic rings. The zero-order valence-electron chi connectivity index (χ0n) is 11.5. The van der Waals surface area contributed by atoms with E-state index in [2.05, 4.69) is 0 Å². The van der Waals surface area contributed by atoms with Crippen LogP contribution in [0.15, 0.2) is 24.3 Å². The van der Waals surface area contributed by atoms with Crippen molar-refractivity contribution in [1.29, 1.82) is 0 Å². The van der Waals surface area contributed by atoms with Gasteiger partial charge in [0.25, 0.3) is 0 Å². The van der Waals surface area contributed by atoms with E-state index in [0.717, 1.165) is 12.0 Å². The minimum absolute atomic E-state index is 0.445. The maximum absolute atomic E-state index is 9.86. The molecule has 7 nitrogen and oxygen atoms in total. The van der Waals surface area contributed by atoms with Crippen molar-refractivity contribution in [2.45, 2.75) is 37.1 Å². The number of hydrogen-bond acceptors (Lipinski definition) is 7. The lowest BCUT2D eigenvalue weighted by Gasteiger charge is -2.39. The summed E-state index contributed by atoms with van der Waals surface area (Å²) in [6.07, 6.45) is -5.65. The van der Waals surface area contributed by atoms with Crippen molar-refractivity contribution in [2.75, 3.05) is 13.2 Å². The topological polar surface area (TPSA) is 125 Å². The summed E-state index contributed by atoms with van der Waals surface area (Å²) in [5.41, 5.74) is 6.52. The summed E-state index contributed by atoms with van der Waals surface area (Å²) in [4.78, 5) is 0. The minimum Gasteiger partial charge on any atom is -0.462 e. The standard InChI is InChI=1S/C14H21NO6/c15-6-5-8-1-3-9(4-2-8)20-14-13(19)12(18)11(17)10(7-16)21-14/h1-4,10-14,16-19H,5-7,15H2/t10?,11-,12+,13?,14+/m1/s1. The summed E-state index contributed by atoms with van der Waals surface area (Å²) in [6.45, 7) is 0.0627. The van der Waals surface area contributed by atoms with Gasteiger partial charge in [0.15, 0.2) is 0 Å². The third-order valence-electron chi connectivity index (χ3n) is 3.46. The molecule has 1 aliphatic heterocycles. The Morgan fingerprint density at radius 3 is 2.29 bits per heavy atom. The first-order chi connectivity index (χ1) is 10.1. The van der Waals surface area contributed by atoms with Gasteiger partial charge in [0.2, 0.25) is 6.29 Å². The third-order valence-corrected chi connectivity index (χ3v) is 3.46. The first kappa shape index (κ1) is 16.2. The Hall–Kier alpha value is -1.22. The van der Waals surface area contributed by atoms with Crippen LogP contribution in [0.1, 0.15) is 5.56 Å². The van der Waals surface area contributed by atoms with Gasteiger partial charge in [-0.25, -0.2) is 0 Å². The molecule has 6 N–H and O–H groups in total. The molecule has 0 amide bonds. The van der Waals surface area contributed by atoms with Gasteiger partial charge < -0.3 is 35.6 Å². The molecular formula is C14H21NO6. The summed E-state index contributed by atoms with van der Waals surface area (Å²) >= 11 is 0. The predicted octanol–water partition coefficient (Wildman–Crippen LogP) is -1.63. The van der Waals surface area contributed by atoms with Crippen LogP contribution in [-0.2, 0) is 11.2 Å². The van der Waals surface area contributed by atoms with Crippen LogP contribution in [-0.4, -0.2) is 64.3 Å². The molecule has 1 aromatic carbocycles. The molecule has 5 atom stereocenters. The average molecular weight is 299 g/mol. The number of benzene rings is 1. The van der Waals surface area contributed by atoms with Crippen molar-refractivity contribution in [3.8, 4) is 5.75 Å². The van der Waals surface area contributed by atoms with E-state index in [4.69, 9.17) is 20.3 Å². The molecule has 1 saturated heterocycles. The molecule has 21 heavy (non-hydrogen) atoms. The quantitative estimate of drug-likeness (QED) is 0.442. The second-order valence-corrected chi connectivity index (χ2v) is 5.00. The fourth-order valence-electron chi connectivity index (χ4n) is 2.20. The Labute approximate surface area is 122 Å². The van der Waals surface area contributed by atoms with Gasteiger partial charge in [-0.1, -0.05) is 12.1 Å². The molecule has 0 aliphatic carbocycles. The van der Waals surface area contributed by atoms with Crippen LogP contribution in [0.4, 0.5) is 0 Å². The number of aliphatic hydroxyl groups excluding tert-OH is 4. The van der Waals surface area contributed by atoms with E-state index >= 15 is 0 Å². The lowest BCUT2D eigenvalue weighted by Crippen LogP contribution is -2.60. The Morgan fingerprint density at radius 1 is 1.05 bits per heavy atom. The van der Waals surface area contributed by atoms with Crippen LogP contribution in [0.3, 0.4) is 0 Å². The maximum Gasteiger partial charge on any atom is 0.229 e. The second kappa shape index (κ2) is 7.17. The first-order valence-corrected chi connectivity index (χ1v) is 6.83. The van der Waals surface area contributed by atoms with E-state index in [9.17, 15) is 15.3 Å². The zero-order valence-corrected chi connectivity index (χ0v) is 11.5. The van der Waals surface area contributed by atoms with E-state index in [1.165, 1.54) is 0 Å². The van der Waals surface area contributed by atoms with Gasteiger partial charge in [-0.3, -0.25) is 0 Å². The highest BCUT2D eigenvalue weighted by molar-refractivity contribution is 5.27. The molecular weight excluding hydrogens is 278 g/mol. The Kier molecular flexibility index (Phi) is 5.51. The number of nitrogens with two attached hydrogens (primary N) is 1. The third kappa shape index (κ3) is 3.70. The highest BCUT2D eigenvalue weighted by Gasteiger charge is 2.44. The number of aliphatic hydroxyl groups is 4. The molecule has 2 rings (SSSR count). The van der Waals surface area contributed by atoms with Gasteiger partial charge in [0.1, 0.15) is 30.2 Å². The lowest BCUT2D eigenvalue weighted by molar-refractivity contribution is -0.277. The second-order valence-electron chi connectivity index (χ2n) is 5.00. The lowest BCUT2D eigenvalue weighted by atomic mass is 9.99. The van der Waals surface area contributed by atoms with Crippen LogP contribution in [0.2, 0.25) is 0 Å². The predicted molar refractivity (Wildman–Crippen MR) is 73.6 cm³/mol. The Morgan fingerprint density at radius 2 is 1.71 bits per heavy atom. The van der Waals surface area contributed by atoms with E-state index in [-0.39, 0.29) is 0 Å². The van der Waals surface area contributed by atoms with Crippen molar-refractivity contribution in [3.05, 3.63) is 29.8 Å². The van der Waals surface area contributed by atoms with Crippen LogP contribution in [0.5, 0.6) is 5.75 Å². The monoisotopic (exact) mass is 299 g/mol. The largest absolute Gasteiger partial charge is 0.462 e. The van der Waals surface area contributed by atoms with Crippen molar-refractivity contribution in [1.82, 2.24) is 0 Å². The Bertz CT molecular complexity index is 438. The summed E-state index contributed by atoms with van der Waals surface area (Å²) in [5.74, 6) is 0.445. The molecule has 1 aromatic rings. The van der Waals surface area contributed by atoms with E-state index in [1.807, 2.05) is 12.1 Å². The zero-order chi connectivity index (χ0) is 15.4. The molecule has 2 unspecified atom stereocenters. The van der Waals surface area contributed by atoms with Crippen LogP contribution < -0.4 is 10.5 Å². The number of hydrogen-bond donors (Lipinski definition) is 5. The van der Waals surface area contributed by atoms with Crippen molar-refractivity contribution in [2.24, 2.45) is 5.73 Å². The Balaban J connectivity index is 2.03. The van der Waals surface area contributed by atoms with E-state index < -0.39 is 37.3 Å². The molecule has 118 valence electrons. The molecule has 1 heterocycles. The van der Waals surface area contributed by atoms with Gasteiger partial charge in [0, 0.05) is 0 Å². The minimum atomic E-state index is -1.45. The van der Waals surface area contributed by atoms with Gasteiger partial charge in [-0.05, 0) is 30.7 Å². The molecule has 0 spiro atoms. The number of ether oxygens (including phenoxy) is 2. The van der Waals surface area contributed by atoms with Crippen LogP contribution in [0, 0.1) is 0 Å². The maximum atomic E-state index is 9.86. The van der Waals surface area contributed by atoms with Crippen LogP contribution in [0.25, 0.3) is 0 Å². The van der Waals surface area contributed by atoms with Gasteiger partial charge in [-0.15, -0.1) is 0 Å². The van der Waals surface area contributed by atoms with Gasteiger partial charge >= 0.3 is 0 Å². The normalized spacial score (nSPS) is 32.9. The summed E-state index contributed by atoms with van der Waals surface area (Å²) in [6, 6.07) is 7.08. The van der Waals surface area contributed by atoms with Crippen molar-refractivity contribution >= 4 is 0 Å². The average Bonchev–Trinajstić information content (AvgIpc) is 2.50. The van der Waals surface area contributed by atoms with E-state index in [1.54, 1.807) is 12.1 Å². The van der Waals surface area contributed by atoms with Crippen molar-refractivity contribution < 1.29 is 29.9 Å². The summed E-state index contributed by atoms with van der Waals surface area (Å²) in [5, 5.41) is 38.3. The van der Waals surface area contributed by atoms with Crippen molar-refractivity contribution in [3.63, 3.8) is 0 Å². The first-order valence-electron chi connectivity index (χ1n) is 6.83. The number of rotatable bonds is 5.